The Labute approximate surface area is 127 Å². The Hall–Kier alpha value is -1.79. The number of halogens is 1. The first kappa shape index (κ1) is 14.2. The molecule has 1 aliphatic heterocycles. The molecular weight excluding hydrogens is 289 g/mol. The molecule has 0 bridgehead atoms. The van der Waals surface area contributed by atoms with Crippen LogP contribution >= 0.6 is 12.2 Å². The number of fused-ring (bicyclic) bond motifs is 1. The molecule has 0 saturated carbocycles. The molecule has 1 N–H and O–H groups in total. The quantitative estimate of drug-likeness (QED) is 0.885. The predicted octanol–water partition coefficient (Wildman–Crippen LogP) is 2.85. The molecule has 2 aromatic rings. The fourth-order valence-electron chi connectivity index (χ4n) is 2.65. The smallest absolute Gasteiger partial charge is 0.196 e. The van der Waals surface area contributed by atoms with Crippen molar-refractivity contribution in [2.75, 3.05) is 13.7 Å². The first-order chi connectivity index (χ1) is 10.2. The molecule has 4 nitrogen and oxygen atoms in total. The van der Waals surface area contributed by atoms with Crippen molar-refractivity contribution < 1.29 is 9.13 Å². The molecule has 0 saturated heterocycles. The second-order valence-corrected chi connectivity index (χ2v) is 5.46. The van der Waals surface area contributed by atoms with E-state index >= 15 is 0 Å². The summed E-state index contributed by atoms with van der Waals surface area (Å²) in [5.74, 6) is 0.358. The third kappa shape index (κ3) is 2.96. The summed E-state index contributed by atoms with van der Waals surface area (Å²) in [7, 11) is 1.56. The van der Waals surface area contributed by atoms with Gasteiger partial charge >= 0.3 is 0 Å². The van der Waals surface area contributed by atoms with E-state index in [1.165, 1.54) is 6.07 Å². The van der Waals surface area contributed by atoms with E-state index in [0.717, 1.165) is 30.8 Å². The van der Waals surface area contributed by atoms with Crippen LogP contribution < -0.4 is 4.74 Å². The van der Waals surface area contributed by atoms with Crippen LogP contribution in [0.2, 0.25) is 0 Å². The van der Waals surface area contributed by atoms with Crippen LogP contribution in [0.5, 0.6) is 5.75 Å². The largest absolute Gasteiger partial charge is 0.496 e. The Kier molecular flexibility index (Phi) is 3.98. The van der Waals surface area contributed by atoms with Crippen molar-refractivity contribution in [1.29, 1.82) is 0 Å². The number of benzene rings is 1. The summed E-state index contributed by atoms with van der Waals surface area (Å²) < 4.78 is 19.8. The van der Waals surface area contributed by atoms with Crippen LogP contribution in [0.1, 0.15) is 16.8 Å². The Morgan fingerprint density at radius 1 is 1.48 bits per heavy atom. The van der Waals surface area contributed by atoms with Crippen LogP contribution in [0.15, 0.2) is 24.4 Å². The van der Waals surface area contributed by atoms with Crippen molar-refractivity contribution in [3.8, 4) is 5.75 Å². The molecule has 1 aromatic carbocycles. The molecule has 3 rings (SSSR count). The van der Waals surface area contributed by atoms with Gasteiger partial charge in [-0.25, -0.2) is 9.37 Å². The monoisotopic (exact) mass is 305 g/mol. The molecule has 110 valence electrons. The van der Waals surface area contributed by atoms with E-state index in [9.17, 15) is 4.39 Å². The van der Waals surface area contributed by atoms with Crippen LogP contribution in [0.25, 0.3) is 0 Å². The molecule has 0 radical (unpaired) electrons. The van der Waals surface area contributed by atoms with E-state index < -0.39 is 0 Å². The number of hydrogen-bond donors (Lipinski definition) is 1. The van der Waals surface area contributed by atoms with Crippen molar-refractivity contribution in [2.45, 2.75) is 19.5 Å². The average molecular weight is 305 g/mol. The highest BCUT2D eigenvalue weighted by atomic mass is 32.1. The second kappa shape index (κ2) is 5.91. The molecule has 1 aliphatic rings. The minimum atomic E-state index is -0.231. The van der Waals surface area contributed by atoms with Gasteiger partial charge in [-0.1, -0.05) is 6.07 Å². The Bertz CT molecular complexity index is 716. The van der Waals surface area contributed by atoms with Gasteiger partial charge in [-0.2, -0.15) is 0 Å². The maximum absolute atomic E-state index is 14.0. The highest BCUT2D eigenvalue weighted by Crippen LogP contribution is 2.25. The van der Waals surface area contributed by atoms with E-state index in [0.29, 0.717) is 22.6 Å². The Morgan fingerprint density at radius 3 is 3.14 bits per heavy atom. The maximum atomic E-state index is 14.0. The fourth-order valence-corrected chi connectivity index (χ4v) is 2.82. The lowest BCUT2D eigenvalue weighted by atomic mass is 10.1. The highest BCUT2D eigenvalue weighted by Gasteiger charge is 2.20. The first-order valence-corrected chi connectivity index (χ1v) is 7.19. The molecule has 0 unspecified atom stereocenters. The van der Waals surface area contributed by atoms with Gasteiger partial charge < -0.3 is 9.72 Å². The zero-order valence-electron chi connectivity index (χ0n) is 11.7. The van der Waals surface area contributed by atoms with Crippen molar-refractivity contribution in [2.24, 2.45) is 0 Å². The van der Waals surface area contributed by atoms with Gasteiger partial charge in [0.25, 0.3) is 0 Å². The van der Waals surface area contributed by atoms with Crippen LogP contribution in [0.4, 0.5) is 4.39 Å². The molecule has 6 heteroatoms. The Morgan fingerprint density at radius 2 is 2.33 bits per heavy atom. The Balaban J connectivity index is 1.82. The predicted molar refractivity (Wildman–Crippen MR) is 80.2 cm³/mol. The zero-order valence-corrected chi connectivity index (χ0v) is 12.5. The minimum absolute atomic E-state index is 0.231. The maximum Gasteiger partial charge on any atom is 0.196 e. The topological polar surface area (TPSA) is 41.1 Å². The summed E-state index contributed by atoms with van der Waals surface area (Å²) in [6, 6.07) is 4.91. The van der Waals surface area contributed by atoms with E-state index in [1.54, 1.807) is 25.4 Å². The molecule has 1 aromatic heterocycles. The van der Waals surface area contributed by atoms with Gasteiger partial charge in [0.15, 0.2) is 4.77 Å². The number of ether oxygens (including phenoxy) is 1. The molecule has 0 fully saturated rings. The SMILES string of the molecule is COc1cccc(F)c1CN1CCc2[nH]c(=S)ncc2C1. The van der Waals surface area contributed by atoms with Gasteiger partial charge in [0.1, 0.15) is 11.6 Å². The molecular formula is C15H16FN3OS. The highest BCUT2D eigenvalue weighted by molar-refractivity contribution is 7.71. The number of aromatic amines is 1. The van der Waals surface area contributed by atoms with Crippen LogP contribution in [0.3, 0.4) is 0 Å². The molecule has 21 heavy (non-hydrogen) atoms. The number of rotatable bonds is 3. The van der Waals surface area contributed by atoms with Crippen molar-refractivity contribution >= 4 is 12.2 Å². The number of nitrogens with zero attached hydrogens (tertiary/aromatic N) is 2. The van der Waals surface area contributed by atoms with E-state index in [1.807, 2.05) is 0 Å². The van der Waals surface area contributed by atoms with E-state index in [4.69, 9.17) is 17.0 Å². The van der Waals surface area contributed by atoms with Gasteiger partial charge in [0, 0.05) is 49.1 Å². The number of methoxy groups -OCH3 is 1. The summed E-state index contributed by atoms with van der Waals surface area (Å²) in [5.41, 5.74) is 2.84. The molecule has 0 atom stereocenters. The molecule has 0 amide bonds. The third-order valence-corrected chi connectivity index (χ3v) is 3.94. The number of hydrogen-bond acceptors (Lipinski definition) is 4. The van der Waals surface area contributed by atoms with Crippen molar-refractivity contribution in [3.05, 3.63) is 51.8 Å². The van der Waals surface area contributed by atoms with Crippen LogP contribution in [0, 0.1) is 10.6 Å². The standard InChI is InChI=1S/C15H16FN3OS/c1-20-14-4-2-3-12(16)11(14)9-19-6-5-13-10(8-19)7-17-15(21)18-13/h2-4,7H,5-6,8-9H2,1H3,(H,17,18,21). The van der Waals surface area contributed by atoms with E-state index in [2.05, 4.69) is 14.9 Å². The lowest BCUT2D eigenvalue weighted by molar-refractivity contribution is 0.235. The number of nitrogens with one attached hydrogen (secondary N) is 1. The van der Waals surface area contributed by atoms with Crippen LogP contribution in [-0.4, -0.2) is 28.5 Å². The van der Waals surface area contributed by atoms with Gasteiger partial charge in [-0.15, -0.1) is 0 Å². The van der Waals surface area contributed by atoms with Crippen molar-refractivity contribution in [1.82, 2.24) is 14.9 Å². The summed E-state index contributed by atoms with van der Waals surface area (Å²) in [6.45, 7) is 2.09. The lowest BCUT2D eigenvalue weighted by Gasteiger charge is -2.28. The molecule has 0 aliphatic carbocycles. The summed E-state index contributed by atoms with van der Waals surface area (Å²) in [6.07, 6.45) is 2.66. The summed E-state index contributed by atoms with van der Waals surface area (Å²) >= 11 is 5.04. The van der Waals surface area contributed by atoms with Gasteiger partial charge in [0.2, 0.25) is 0 Å². The summed E-state index contributed by atoms with van der Waals surface area (Å²) in [4.78, 5) is 9.43. The third-order valence-electron chi connectivity index (χ3n) is 3.73. The van der Waals surface area contributed by atoms with Crippen molar-refractivity contribution in [3.63, 3.8) is 0 Å². The molecule has 2 heterocycles. The zero-order chi connectivity index (χ0) is 14.8. The van der Waals surface area contributed by atoms with Gasteiger partial charge in [0.05, 0.1) is 7.11 Å². The van der Waals surface area contributed by atoms with Gasteiger partial charge in [-0.3, -0.25) is 4.90 Å². The van der Waals surface area contributed by atoms with E-state index in [-0.39, 0.29) is 5.82 Å². The summed E-state index contributed by atoms with van der Waals surface area (Å²) in [5, 5.41) is 0. The minimum Gasteiger partial charge on any atom is -0.496 e. The lowest BCUT2D eigenvalue weighted by Crippen LogP contribution is -2.31. The number of aromatic nitrogens is 2. The second-order valence-electron chi connectivity index (χ2n) is 5.07. The van der Waals surface area contributed by atoms with Crippen LogP contribution in [-0.2, 0) is 19.5 Å². The fraction of sp³-hybridized carbons (Fsp3) is 0.333. The molecule has 0 spiro atoms. The van der Waals surface area contributed by atoms with Gasteiger partial charge in [-0.05, 0) is 24.4 Å². The normalized spacial score (nSPS) is 14.8. The number of H-pyrrole nitrogens is 1. The average Bonchev–Trinajstić information content (AvgIpc) is 2.49. The first-order valence-electron chi connectivity index (χ1n) is 6.78.